The summed E-state index contributed by atoms with van der Waals surface area (Å²) in [6.45, 7) is 9.86. The van der Waals surface area contributed by atoms with Crippen LogP contribution >= 0.6 is 0 Å². The first-order valence-corrected chi connectivity index (χ1v) is 40.9. The van der Waals surface area contributed by atoms with Gasteiger partial charge < -0.3 is 107 Å². The number of alkyl halides is 12. The molecule has 4 aromatic carbocycles. The number of benzene rings is 4. The van der Waals surface area contributed by atoms with Crippen molar-refractivity contribution in [2.24, 2.45) is 28.3 Å². The Morgan fingerprint density at radius 2 is 0.739 bits per heavy atom. The number of aliphatic carboxylic acids is 4. The van der Waals surface area contributed by atoms with Crippen LogP contribution in [-0.4, -0.2) is 273 Å². The molecule has 0 aromatic heterocycles. The SMILES string of the molecule is COc1cc2c(cc1OC)C(C(C)(C)C)N(C(=O)CC(N)C(=O)N1CCC[C@H]1C#N)CC2.COc1ccc(CNC(=O)CC(N)C(=O)N2CCC[C@H]2C#N)cc1OC.N#C[C@@H]1CCCN1C(=O)C(N)CC(=O)N1Cc2ccccc2CC1CO.N#C[C@@H]1CCCN1C(=O)C(N)CC(=O)NCc1ccccc1.O=C(O)C(F)(F)F.O=C(O)C(F)(F)F.O=C(O)C(F)(F)F.O=C(O)C(F)(F)F. The van der Waals surface area contributed by atoms with Crippen LogP contribution in [0.15, 0.2) is 84.9 Å². The van der Waals surface area contributed by atoms with Crippen LogP contribution in [0.4, 0.5) is 52.7 Å². The van der Waals surface area contributed by atoms with Gasteiger partial charge in [0, 0.05) is 52.4 Å². The fourth-order valence-corrected chi connectivity index (χ4v) is 14.2. The third-order valence-corrected chi connectivity index (χ3v) is 20.7. The second kappa shape index (κ2) is 53.4. The molecular weight excluding hydrogens is 1810 g/mol. The molecule has 37 nitrogen and oxygen atoms in total. The molecule has 736 valence electrons. The maximum absolute atomic E-state index is 13.4. The van der Waals surface area contributed by atoms with Gasteiger partial charge in [-0.15, -0.1) is 0 Å². The number of carbonyl (C=O) groups is 12. The third-order valence-electron chi connectivity index (χ3n) is 20.7. The summed E-state index contributed by atoms with van der Waals surface area (Å²) in [5.41, 5.74) is 29.8. The summed E-state index contributed by atoms with van der Waals surface area (Å²) >= 11 is 0. The summed E-state index contributed by atoms with van der Waals surface area (Å²) in [6.07, 6.45) is -13.7. The molecule has 0 radical (unpaired) electrons. The normalized spacial score (nSPS) is 18.4. The van der Waals surface area contributed by atoms with Crippen LogP contribution in [0.5, 0.6) is 23.0 Å². The molecule has 0 spiro atoms. The largest absolute Gasteiger partial charge is 0.493 e. The van der Waals surface area contributed by atoms with Gasteiger partial charge in [-0.3, -0.25) is 38.4 Å². The number of methoxy groups -OCH3 is 4. The second-order valence-electron chi connectivity index (χ2n) is 31.3. The number of hydrogen-bond acceptors (Lipinski definition) is 25. The summed E-state index contributed by atoms with van der Waals surface area (Å²) in [5.74, 6) is -10.9. The smallest absolute Gasteiger partial charge is 0.490 e. The number of ether oxygens (including phenoxy) is 4. The lowest BCUT2D eigenvalue weighted by atomic mass is 9.76. The van der Waals surface area contributed by atoms with Gasteiger partial charge in [0.05, 0.1) is 121 Å². The highest BCUT2D eigenvalue weighted by atomic mass is 19.4. The molecule has 6 unspecified atom stereocenters. The first-order valence-electron chi connectivity index (χ1n) is 40.9. The molecule has 6 aliphatic heterocycles. The van der Waals surface area contributed by atoms with Gasteiger partial charge in [0.2, 0.25) is 47.3 Å². The van der Waals surface area contributed by atoms with Gasteiger partial charge in [0.1, 0.15) is 24.2 Å². The monoisotopic (exact) mass is 1910 g/mol. The maximum Gasteiger partial charge on any atom is 0.490 e. The molecule has 0 aliphatic carbocycles. The molecule has 4 fully saturated rings. The number of nitriles is 4. The van der Waals surface area contributed by atoms with Gasteiger partial charge in [0.25, 0.3) is 0 Å². The zero-order valence-corrected chi connectivity index (χ0v) is 73.7. The van der Waals surface area contributed by atoms with Crippen molar-refractivity contribution in [1.82, 2.24) is 40.0 Å². The van der Waals surface area contributed by atoms with E-state index in [-0.39, 0.29) is 104 Å². The van der Waals surface area contributed by atoms with E-state index in [1.807, 2.05) is 77.7 Å². The van der Waals surface area contributed by atoms with Crippen LogP contribution in [0.2, 0.25) is 0 Å². The topological polar surface area (TPSA) is 586 Å². The number of hydrogen-bond donors (Lipinski definition) is 11. The first kappa shape index (κ1) is 115. The fourth-order valence-electron chi connectivity index (χ4n) is 14.2. The van der Waals surface area contributed by atoms with Crippen molar-refractivity contribution < 1.29 is 155 Å². The molecule has 49 heteroatoms. The zero-order valence-electron chi connectivity index (χ0n) is 73.7. The van der Waals surface area contributed by atoms with Crippen molar-refractivity contribution >= 4 is 71.1 Å². The number of halogens is 12. The average molecular weight is 1920 g/mol. The fraction of sp³-hybridized carbons (Fsp3) is 0.529. The van der Waals surface area contributed by atoms with Gasteiger partial charge in [-0.1, -0.05) is 81.4 Å². The first-order chi connectivity index (χ1) is 62.5. The van der Waals surface area contributed by atoms with E-state index in [0.29, 0.717) is 107 Å². The molecule has 4 saturated heterocycles. The van der Waals surface area contributed by atoms with Crippen LogP contribution in [0, 0.1) is 50.7 Å². The minimum absolute atomic E-state index is 0.0691. The van der Waals surface area contributed by atoms with E-state index in [0.717, 1.165) is 59.1 Å². The van der Waals surface area contributed by atoms with Crippen LogP contribution in [0.3, 0.4) is 0 Å². The molecular formula is C85H106F12N16O21. The Balaban J connectivity index is 0.000000421. The van der Waals surface area contributed by atoms with Crippen LogP contribution in [0.25, 0.3) is 0 Å². The Morgan fingerprint density at radius 3 is 1.07 bits per heavy atom. The van der Waals surface area contributed by atoms with E-state index < -0.39 is 96.9 Å². The standard InChI is InChI=1S/C24H34N4O4.C19H24N4O3.C18H24N4O4.C16H20N4O2.4C2HF3O2/c1-24(2,3)22-17-12-20(32-5)19(31-4)11-15(17)8-10-28(22)21(29)13-18(26)23(30)27-9-6-7-16(27)14-25;20-10-15-6-3-7-22(15)19(26)17(21)9-18(25)23-11-14-5-2-1-4-13(14)8-16(23)12-24;1-25-15-6-5-12(8-16(15)26-2)11-21-17(23)9-14(20)18(24)22-7-3-4-13(22)10-19;17-10-13-7-4-8-20(13)16(22)14(18)9-15(21)19-11-12-5-2-1-3-6-12;4*3-2(4,5)1(6)7/h11-12,16,18,22H,6-10,13,26H2,1-5H3;1-2,4-5,15-17,24H,3,6-9,11-12,21H2;5-6,8,13-14H,3-4,7,9,11,20H2,1-2H3,(H,21,23);1-3,5-6,13-14H,4,7-9,11,18H2,(H,19,21);4*(H,6,7)/t16-,18?,22?;15-,16?,17?;2*13-,14?;;;;/m0000..../s1. The number of aliphatic hydroxyl groups excluding tert-OH is 1. The lowest BCUT2D eigenvalue weighted by molar-refractivity contribution is -0.193. The summed E-state index contributed by atoms with van der Waals surface area (Å²) in [5, 5.41) is 80.1. The van der Waals surface area contributed by atoms with E-state index >= 15 is 0 Å². The molecule has 15 N–H and O–H groups in total. The van der Waals surface area contributed by atoms with Gasteiger partial charge >= 0.3 is 48.6 Å². The number of aliphatic hydroxyl groups is 1. The lowest BCUT2D eigenvalue weighted by Gasteiger charge is -2.45. The molecule has 4 aromatic rings. The highest BCUT2D eigenvalue weighted by molar-refractivity contribution is 5.92. The number of carboxylic acid groups (broad SMARTS) is 4. The van der Waals surface area contributed by atoms with E-state index in [2.05, 4.69) is 55.7 Å². The van der Waals surface area contributed by atoms with Crippen molar-refractivity contribution in [3.63, 3.8) is 0 Å². The Bertz CT molecular complexity index is 4750. The van der Waals surface area contributed by atoms with Gasteiger partial charge in [-0.2, -0.15) is 73.7 Å². The van der Waals surface area contributed by atoms with Gasteiger partial charge in [-0.25, -0.2) is 19.2 Å². The number of carboxylic acids is 4. The minimum Gasteiger partial charge on any atom is -0.493 e. The Kier molecular flexibility index (Phi) is 45.7. The Labute approximate surface area is 761 Å². The quantitative estimate of drug-likeness (QED) is 0.0414. The zero-order chi connectivity index (χ0) is 102. The maximum atomic E-state index is 13.4. The number of nitrogens with one attached hydrogen (secondary N) is 2. The third kappa shape index (κ3) is 36.0. The van der Waals surface area contributed by atoms with Gasteiger partial charge in [-0.05, 0) is 127 Å². The van der Waals surface area contributed by atoms with E-state index in [9.17, 15) is 101 Å². The second-order valence-corrected chi connectivity index (χ2v) is 31.3. The van der Waals surface area contributed by atoms with E-state index in [4.69, 9.17) is 97.3 Å². The van der Waals surface area contributed by atoms with Crippen molar-refractivity contribution in [2.75, 3.05) is 67.8 Å². The molecule has 6 aliphatic rings. The molecule has 8 amide bonds. The van der Waals surface area contributed by atoms with E-state index in [1.165, 1.54) is 26.7 Å². The summed E-state index contributed by atoms with van der Waals surface area (Å²) < 4.78 is 148. The Morgan fingerprint density at radius 1 is 0.418 bits per heavy atom. The number of amides is 8. The minimum atomic E-state index is -5.08. The highest BCUT2D eigenvalue weighted by Gasteiger charge is 2.45. The molecule has 10 rings (SSSR count). The molecule has 10 atom stereocenters. The summed E-state index contributed by atoms with van der Waals surface area (Å²) in [4.78, 5) is 145. The summed E-state index contributed by atoms with van der Waals surface area (Å²) in [7, 11) is 6.30. The molecule has 0 saturated carbocycles. The number of carbonyl (C=O) groups excluding carboxylic acids is 8. The average Bonchev–Trinajstić information content (AvgIpc) is 0.945. The van der Waals surface area contributed by atoms with Crippen LogP contribution in [-0.2, 0) is 90.0 Å². The molecule has 134 heavy (non-hydrogen) atoms. The molecule has 6 heterocycles. The van der Waals surface area contributed by atoms with Crippen molar-refractivity contribution in [2.45, 2.75) is 215 Å². The van der Waals surface area contributed by atoms with Crippen molar-refractivity contribution in [3.8, 4) is 47.3 Å². The predicted molar refractivity (Wildman–Crippen MR) is 445 cm³/mol. The lowest BCUT2D eigenvalue weighted by Crippen LogP contribution is -2.51. The highest BCUT2D eigenvalue weighted by Crippen LogP contribution is 2.46. The van der Waals surface area contributed by atoms with E-state index in [1.54, 1.807) is 38.4 Å². The van der Waals surface area contributed by atoms with Crippen molar-refractivity contribution in [1.29, 1.82) is 21.0 Å². The number of nitrogens with two attached hydrogens (primary N) is 4. The van der Waals surface area contributed by atoms with Gasteiger partial charge in [0.15, 0.2) is 23.0 Å². The van der Waals surface area contributed by atoms with Crippen LogP contribution in [0.1, 0.15) is 137 Å². The number of likely N-dealkylation sites (tertiary alicyclic amines) is 4. The van der Waals surface area contributed by atoms with Crippen LogP contribution < -0.4 is 52.5 Å². The summed E-state index contributed by atoms with van der Waals surface area (Å²) in [6, 6.07) is 29.1. The number of rotatable bonds is 21. The number of fused-ring (bicyclic) bond motifs is 2. The molecule has 0 bridgehead atoms. The number of nitrogens with zero attached hydrogens (tertiary/aromatic N) is 10. The predicted octanol–water partition coefficient (Wildman–Crippen LogP) is 6.19. The van der Waals surface area contributed by atoms with Crippen molar-refractivity contribution in [3.05, 3.63) is 118 Å². The Hall–Kier alpha value is -13.4.